The van der Waals surface area contributed by atoms with E-state index >= 15 is 0 Å². The van der Waals surface area contributed by atoms with Crippen molar-refractivity contribution in [3.63, 3.8) is 0 Å². The van der Waals surface area contributed by atoms with Crippen LogP contribution in [0, 0.1) is 11.8 Å². The van der Waals surface area contributed by atoms with Crippen molar-refractivity contribution >= 4 is 16.6 Å². The maximum absolute atomic E-state index is 12.9. The van der Waals surface area contributed by atoms with E-state index in [9.17, 15) is 9.90 Å². The van der Waals surface area contributed by atoms with Crippen LogP contribution in [0.1, 0.15) is 31.1 Å². The summed E-state index contributed by atoms with van der Waals surface area (Å²) in [5.74, 6) is 0.712. The van der Waals surface area contributed by atoms with Crippen LogP contribution in [0.3, 0.4) is 0 Å². The topological polar surface area (TPSA) is 40.5 Å². The van der Waals surface area contributed by atoms with E-state index < -0.39 is 0 Å². The molecule has 0 fully saturated rings. The standard InChI is InChI=1S/C19H25NO2/c1-5-20(4)12-17(13(2)3)19(22)15-9-10-16-14(11-15)7-6-8-18(16)21/h6-11,13,17,21H,5,12H2,1-4H3. The number of rotatable bonds is 6. The molecule has 2 rings (SSSR count). The molecule has 0 heterocycles. The van der Waals surface area contributed by atoms with E-state index in [1.807, 2.05) is 31.3 Å². The van der Waals surface area contributed by atoms with E-state index in [1.54, 1.807) is 12.1 Å². The van der Waals surface area contributed by atoms with Gasteiger partial charge in [-0.05, 0) is 43.1 Å². The molecule has 3 nitrogen and oxygen atoms in total. The molecule has 2 aromatic rings. The van der Waals surface area contributed by atoms with Crippen molar-refractivity contribution in [3.05, 3.63) is 42.0 Å². The van der Waals surface area contributed by atoms with Gasteiger partial charge in [-0.15, -0.1) is 0 Å². The number of carbonyl (C=O) groups is 1. The zero-order chi connectivity index (χ0) is 16.3. The minimum atomic E-state index is -0.0142. The van der Waals surface area contributed by atoms with E-state index in [2.05, 4.69) is 25.7 Å². The van der Waals surface area contributed by atoms with Gasteiger partial charge in [-0.1, -0.05) is 39.0 Å². The molecule has 0 aliphatic heterocycles. The average molecular weight is 299 g/mol. The van der Waals surface area contributed by atoms with Gasteiger partial charge >= 0.3 is 0 Å². The fourth-order valence-corrected chi connectivity index (χ4v) is 2.70. The lowest BCUT2D eigenvalue weighted by Gasteiger charge is -2.25. The molecule has 0 saturated carbocycles. The minimum absolute atomic E-state index is 0.0142. The second-order valence-corrected chi connectivity index (χ2v) is 6.28. The van der Waals surface area contributed by atoms with Gasteiger partial charge in [0.2, 0.25) is 0 Å². The van der Waals surface area contributed by atoms with Crippen molar-refractivity contribution in [1.29, 1.82) is 0 Å². The van der Waals surface area contributed by atoms with Crippen molar-refractivity contribution in [1.82, 2.24) is 4.90 Å². The highest BCUT2D eigenvalue weighted by Gasteiger charge is 2.24. The largest absolute Gasteiger partial charge is 0.507 e. The second-order valence-electron chi connectivity index (χ2n) is 6.28. The molecule has 0 radical (unpaired) electrons. The number of nitrogens with zero attached hydrogens (tertiary/aromatic N) is 1. The maximum atomic E-state index is 12.9. The highest BCUT2D eigenvalue weighted by Crippen LogP contribution is 2.27. The second kappa shape index (κ2) is 6.93. The number of carbonyl (C=O) groups excluding carboxylic acids is 1. The molecule has 1 unspecified atom stereocenters. The van der Waals surface area contributed by atoms with Gasteiger partial charge in [0, 0.05) is 23.4 Å². The molecule has 1 atom stereocenters. The summed E-state index contributed by atoms with van der Waals surface area (Å²) in [7, 11) is 2.04. The zero-order valence-corrected chi connectivity index (χ0v) is 13.8. The number of ketones is 1. The molecule has 0 saturated heterocycles. The van der Waals surface area contributed by atoms with Crippen LogP contribution in [0.25, 0.3) is 10.8 Å². The minimum Gasteiger partial charge on any atom is -0.507 e. The Kier molecular flexibility index (Phi) is 5.19. The van der Waals surface area contributed by atoms with E-state index in [-0.39, 0.29) is 17.5 Å². The number of Topliss-reactive ketones (excluding diaryl/α,β-unsaturated/α-hetero) is 1. The molecule has 0 amide bonds. The predicted octanol–water partition coefficient (Wildman–Crippen LogP) is 3.95. The Labute approximate surface area is 132 Å². The van der Waals surface area contributed by atoms with Crippen molar-refractivity contribution in [2.45, 2.75) is 20.8 Å². The molecule has 118 valence electrons. The van der Waals surface area contributed by atoms with Gasteiger partial charge in [0.05, 0.1) is 0 Å². The van der Waals surface area contributed by atoms with Crippen molar-refractivity contribution in [2.75, 3.05) is 20.1 Å². The summed E-state index contributed by atoms with van der Waals surface area (Å²) in [6.07, 6.45) is 0. The number of benzene rings is 2. The number of hydrogen-bond donors (Lipinski definition) is 1. The van der Waals surface area contributed by atoms with Crippen LogP contribution >= 0.6 is 0 Å². The number of fused-ring (bicyclic) bond motifs is 1. The quantitative estimate of drug-likeness (QED) is 0.821. The molecule has 0 bridgehead atoms. The third-order valence-corrected chi connectivity index (χ3v) is 4.33. The summed E-state index contributed by atoms with van der Waals surface area (Å²) >= 11 is 0. The lowest BCUT2D eigenvalue weighted by molar-refractivity contribution is 0.0849. The smallest absolute Gasteiger partial charge is 0.167 e. The third kappa shape index (κ3) is 3.47. The first kappa shape index (κ1) is 16.5. The highest BCUT2D eigenvalue weighted by atomic mass is 16.3. The number of phenolic OH excluding ortho intramolecular Hbond substituents is 1. The van der Waals surface area contributed by atoms with Gasteiger partial charge in [-0.3, -0.25) is 4.79 Å². The fraction of sp³-hybridized carbons (Fsp3) is 0.421. The molecule has 0 aliphatic carbocycles. The normalized spacial score (nSPS) is 13.0. The molecular weight excluding hydrogens is 274 g/mol. The molecule has 22 heavy (non-hydrogen) atoms. The first-order valence-corrected chi connectivity index (χ1v) is 7.88. The van der Waals surface area contributed by atoms with Crippen molar-refractivity contribution in [2.24, 2.45) is 11.8 Å². The van der Waals surface area contributed by atoms with E-state index in [0.717, 1.165) is 29.4 Å². The number of aromatic hydroxyl groups is 1. The molecule has 2 aromatic carbocycles. The third-order valence-electron chi connectivity index (χ3n) is 4.33. The highest BCUT2D eigenvalue weighted by molar-refractivity contribution is 6.02. The summed E-state index contributed by atoms with van der Waals surface area (Å²) < 4.78 is 0. The lowest BCUT2D eigenvalue weighted by atomic mass is 9.87. The Bertz CT molecular complexity index is 664. The van der Waals surface area contributed by atoms with Crippen LogP contribution < -0.4 is 0 Å². The maximum Gasteiger partial charge on any atom is 0.167 e. The Morgan fingerprint density at radius 1 is 1.23 bits per heavy atom. The predicted molar refractivity (Wildman–Crippen MR) is 91.4 cm³/mol. The first-order valence-electron chi connectivity index (χ1n) is 7.88. The van der Waals surface area contributed by atoms with Crippen LogP contribution in [-0.2, 0) is 0 Å². The summed E-state index contributed by atoms with van der Waals surface area (Å²) in [6, 6.07) is 10.9. The number of phenols is 1. The van der Waals surface area contributed by atoms with E-state index in [4.69, 9.17) is 0 Å². The monoisotopic (exact) mass is 299 g/mol. The van der Waals surface area contributed by atoms with Gasteiger partial charge in [-0.2, -0.15) is 0 Å². The molecule has 1 N–H and O–H groups in total. The summed E-state index contributed by atoms with van der Waals surface area (Å²) in [5, 5.41) is 11.5. The van der Waals surface area contributed by atoms with Gasteiger partial charge in [0.1, 0.15) is 5.75 Å². The Morgan fingerprint density at radius 2 is 1.95 bits per heavy atom. The van der Waals surface area contributed by atoms with E-state index in [1.165, 1.54) is 0 Å². The summed E-state index contributed by atoms with van der Waals surface area (Å²) in [4.78, 5) is 15.1. The molecular formula is C19H25NO2. The van der Waals surface area contributed by atoms with Crippen LogP contribution in [0.4, 0.5) is 0 Å². The number of hydrogen-bond acceptors (Lipinski definition) is 3. The van der Waals surface area contributed by atoms with Crippen LogP contribution in [0.15, 0.2) is 36.4 Å². The van der Waals surface area contributed by atoms with Crippen molar-refractivity contribution < 1.29 is 9.90 Å². The van der Waals surface area contributed by atoms with Gasteiger partial charge in [-0.25, -0.2) is 0 Å². The Morgan fingerprint density at radius 3 is 2.59 bits per heavy atom. The zero-order valence-electron chi connectivity index (χ0n) is 13.8. The van der Waals surface area contributed by atoms with Crippen LogP contribution in [-0.4, -0.2) is 35.9 Å². The molecule has 3 heteroatoms. The van der Waals surface area contributed by atoms with Gasteiger partial charge in [0.15, 0.2) is 5.78 Å². The van der Waals surface area contributed by atoms with Gasteiger partial charge < -0.3 is 10.0 Å². The van der Waals surface area contributed by atoms with Crippen molar-refractivity contribution in [3.8, 4) is 5.75 Å². The SMILES string of the molecule is CCN(C)CC(C(=O)c1ccc2c(O)cccc2c1)C(C)C. The molecule has 0 aromatic heterocycles. The summed E-state index contributed by atoms with van der Waals surface area (Å²) in [5.41, 5.74) is 0.723. The van der Waals surface area contributed by atoms with Gasteiger partial charge in [0.25, 0.3) is 0 Å². The fourth-order valence-electron chi connectivity index (χ4n) is 2.70. The lowest BCUT2D eigenvalue weighted by Crippen LogP contribution is -2.33. The average Bonchev–Trinajstić information content (AvgIpc) is 2.51. The van der Waals surface area contributed by atoms with E-state index in [0.29, 0.717) is 5.92 Å². The molecule has 0 spiro atoms. The first-order chi connectivity index (χ1) is 10.4. The van der Waals surface area contributed by atoms with Crippen LogP contribution in [0.2, 0.25) is 0 Å². The Hall–Kier alpha value is -1.87. The summed E-state index contributed by atoms with van der Waals surface area (Å²) in [6.45, 7) is 7.99. The van der Waals surface area contributed by atoms with Crippen LogP contribution in [0.5, 0.6) is 5.75 Å². The Balaban J connectivity index is 2.34. The molecule has 0 aliphatic rings.